The summed E-state index contributed by atoms with van der Waals surface area (Å²) in [6.07, 6.45) is 3.28. The van der Waals surface area contributed by atoms with Crippen molar-refractivity contribution in [2.75, 3.05) is 0 Å². The molecule has 0 saturated heterocycles. The first-order valence-corrected chi connectivity index (χ1v) is 7.60. The molecule has 0 aromatic heterocycles. The lowest BCUT2D eigenvalue weighted by Crippen LogP contribution is -2.03. The van der Waals surface area contributed by atoms with Crippen LogP contribution < -0.4 is 4.74 Å². The molecule has 1 heterocycles. The number of cyclic esters (lactones) is 1. The van der Waals surface area contributed by atoms with Gasteiger partial charge in [-0.3, -0.25) is 4.79 Å². The van der Waals surface area contributed by atoms with Crippen LogP contribution in [0.1, 0.15) is 18.1 Å². The van der Waals surface area contributed by atoms with Gasteiger partial charge in [0, 0.05) is 23.1 Å². The van der Waals surface area contributed by atoms with Crippen molar-refractivity contribution < 1.29 is 19.1 Å². The molecule has 0 fully saturated rings. The van der Waals surface area contributed by atoms with Crippen molar-refractivity contribution in [3.63, 3.8) is 0 Å². The molecule has 1 aliphatic heterocycles. The lowest BCUT2D eigenvalue weighted by Gasteiger charge is -2.05. The van der Waals surface area contributed by atoms with Crippen LogP contribution in [0.3, 0.4) is 0 Å². The number of para-hydroxylation sites is 1. The third-order valence-corrected chi connectivity index (χ3v) is 3.59. The van der Waals surface area contributed by atoms with E-state index < -0.39 is 11.9 Å². The Hall–Kier alpha value is -2.85. The molecule has 0 radical (unpaired) electrons. The third-order valence-electron chi connectivity index (χ3n) is 3.34. The van der Waals surface area contributed by atoms with Crippen molar-refractivity contribution in [1.29, 1.82) is 0 Å². The van der Waals surface area contributed by atoms with Gasteiger partial charge < -0.3 is 9.47 Å². The fourth-order valence-corrected chi connectivity index (χ4v) is 2.39. The van der Waals surface area contributed by atoms with Gasteiger partial charge in [0.1, 0.15) is 11.5 Å². The van der Waals surface area contributed by atoms with Crippen LogP contribution in [-0.2, 0) is 14.3 Å². The van der Waals surface area contributed by atoms with Crippen LogP contribution in [0, 0.1) is 0 Å². The average Bonchev–Trinajstić information content (AvgIpc) is 2.90. The van der Waals surface area contributed by atoms with Gasteiger partial charge >= 0.3 is 11.9 Å². The maximum absolute atomic E-state index is 12.1. The summed E-state index contributed by atoms with van der Waals surface area (Å²) in [6, 6.07) is 14.0. The average molecular weight is 341 g/mol. The molecular weight excluding hydrogens is 328 g/mol. The van der Waals surface area contributed by atoms with Gasteiger partial charge in [0.05, 0.1) is 5.57 Å². The van der Waals surface area contributed by atoms with E-state index in [2.05, 4.69) is 0 Å². The van der Waals surface area contributed by atoms with Gasteiger partial charge in [-0.1, -0.05) is 29.8 Å². The quantitative estimate of drug-likeness (QED) is 0.476. The first kappa shape index (κ1) is 16.0. The fourth-order valence-electron chi connectivity index (χ4n) is 2.26. The van der Waals surface area contributed by atoms with Crippen molar-refractivity contribution in [1.82, 2.24) is 0 Å². The first-order chi connectivity index (χ1) is 11.5. The molecule has 0 unspecified atom stereocenters. The molecule has 0 amide bonds. The summed E-state index contributed by atoms with van der Waals surface area (Å²) in [5, 5.41) is 0.606. The van der Waals surface area contributed by atoms with Crippen LogP contribution in [0.25, 0.3) is 11.8 Å². The van der Waals surface area contributed by atoms with E-state index in [1.165, 1.54) is 6.92 Å². The highest BCUT2D eigenvalue weighted by molar-refractivity contribution is 6.30. The second-order valence-corrected chi connectivity index (χ2v) is 5.57. The number of halogens is 1. The summed E-state index contributed by atoms with van der Waals surface area (Å²) < 4.78 is 10.4. The Morgan fingerprint density at radius 2 is 1.83 bits per heavy atom. The molecule has 2 aromatic rings. The van der Waals surface area contributed by atoms with E-state index in [4.69, 9.17) is 21.1 Å². The van der Waals surface area contributed by atoms with Crippen molar-refractivity contribution >= 4 is 35.4 Å². The monoisotopic (exact) mass is 340 g/mol. The third kappa shape index (κ3) is 3.55. The molecule has 24 heavy (non-hydrogen) atoms. The van der Waals surface area contributed by atoms with Crippen LogP contribution in [0.5, 0.6) is 5.75 Å². The van der Waals surface area contributed by atoms with E-state index >= 15 is 0 Å². The molecular formula is C19H13ClO4. The minimum absolute atomic E-state index is 0.375. The predicted molar refractivity (Wildman–Crippen MR) is 91.2 cm³/mol. The minimum Gasteiger partial charge on any atom is -0.426 e. The smallest absolute Gasteiger partial charge is 0.343 e. The number of rotatable bonds is 3. The van der Waals surface area contributed by atoms with E-state index in [-0.39, 0.29) is 0 Å². The zero-order valence-corrected chi connectivity index (χ0v) is 13.5. The van der Waals surface area contributed by atoms with Crippen molar-refractivity contribution in [3.8, 4) is 5.75 Å². The molecule has 4 nitrogen and oxygen atoms in total. The zero-order chi connectivity index (χ0) is 17.1. The lowest BCUT2D eigenvalue weighted by molar-refractivity contribution is -0.132. The largest absolute Gasteiger partial charge is 0.426 e. The second-order valence-electron chi connectivity index (χ2n) is 5.14. The fraction of sp³-hybridized carbons (Fsp3) is 0.0526. The molecule has 5 heteroatoms. The van der Waals surface area contributed by atoms with E-state index in [0.29, 0.717) is 27.7 Å². The molecule has 1 aliphatic rings. The van der Waals surface area contributed by atoms with Gasteiger partial charge in [-0.15, -0.1) is 0 Å². The van der Waals surface area contributed by atoms with Crippen LogP contribution in [0.4, 0.5) is 0 Å². The molecule has 0 saturated carbocycles. The number of benzene rings is 2. The normalized spacial score (nSPS) is 15.2. The van der Waals surface area contributed by atoms with E-state index in [9.17, 15) is 9.59 Å². The van der Waals surface area contributed by atoms with Gasteiger partial charge in [-0.05, 0) is 42.5 Å². The molecule has 3 rings (SSSR count). The molecule has 0 N–H and O–H groups in total. The van der Waals surface area contributed by atoms with Gasteiger partial charge in [0.2, 0.25) is 0 Å². The molecule has 0 spiro atoms. The first-order valence-electron chi connectivity index (χ1n) is 7.22. The minimum atomic E-state index is -0.461. The summed E-state index contributed by atoms with van der Waals surface area (Å²) in [5.41, 5.74) is 1.75. The Labute approximate surface area is 144 Å². The Morgan fingerprint density at radius 1 is 1.12 bits per heavy atom. The van der Waals surface area contributed by atoms with Gasteiger partial charge in [-0.2, -0.15) is 0 Å². The van der Waals surface area contributed by atoms with E-state index in [1.54, 1.807) is 60.7 Å². The summed E-state index contributed by atoms with van der Waals surface area (Å²) in [5.74, 6) is -0.0450. The number of carbonyl (C=O) groups excluding carboxylic acids is 2. The van der Waals surface area contributed by atoms with Crippen molar-refractivity contribution in [2.24, 2.45) is 0 Å². The lowest BCUT2D eigenvalue weighted by atomic mass is 10.1. The van der Waals surface area contributed by atoms with E-state index in [0.717, 1.165) is 5.56 Å². The molecule has 0 aliphatic carbocycles. The maximum Gasteiger partial charge on any atom is 0.343 e. The van der Waals surface area contributed by atoms with Gasteiger partial charge in [-0.25, -0.2) is 4.79 Å². The number of ether oxygens (including phenoxy) is 2. The van der Waals surface area contributed by atoms with Crippen LogP contribution >= 0.6 is 11.6 Å². The van der Waals surface area contributed by atoms with Crippen LogP contribution in [-0.4, -0.2) is 11.9 Å². The Bertz CT molecular complexity index is 863. The predicted octanol–water partition coefficient (Wildman–Crippen LogP) is 4.25. The summed E-state index contributed by atoms with van der Waals surface area (Å²) in [7, 11) is 0. The number of esters is 2. The summed E-state index contributed by atoms with van der Waals surface area (Å²) in [4.78, 5) is 23.3. The number of hydrogen-bond donors (Lipinski definition) is 0. The Morgan fingerprint density at radius 3 is 2.54 bits per heavy atom. The highest BCUT2D eigenvalue weighted by Gasteiger charge is 2.22. The summed E-state index contributed by atoms with van der Waals surface area (Å²) in [6.45, 7) is 1.33. The van der Waals surface area contributed by atoms with Gasteiger partial charge in [0.25, 0.3) is 0 Å². The Balaban J connectivity index is 1.94. The van der Waals surface area contributed by atoms with Gasteiger partial charge in [0.15, 0.2) is 0 Å². The standard InChI is InChI=1S/C19H13ClO4/c1-12(21)23-17-5-3-2-4-14(17)10-15-11-18(24-19(15)22)13-6-8-16(20)9-7-13/h2-11H,1H3/b15-10+. The van der Waals surface area contributed by atoms with Crippen molar-refractivity contribution in [3.05, 3.63) is 76.3 Å². The molecule has 120 valence electrons. The highest BCUT2D eigenvalue weighted by atomic mass is 35.5. The molecule has 0 atom stereocenters. The highest BCUT2D eigenvalue weighted by Crippen LogP contribution is 2.30. The van der Waals surface area contributed by atoms with Crippen LogP contribution in [0.2, 0.25) is 5.02 Å². The summed E-state index contributed by atoms with van der Waals surface area (Å²) >= 11 is 5.86. The molecule has 2 aromatic carbocycles. The van der Waals surface area contributed by atoms with E-state index in [1.807, 2.05) is 0 Å². The SMILES string of the molecule is CC(=O)Oc1ccccc1/C=C1\C=C(c2ccc(Cl)cc2)OC1=O. The zero-order valence-electron chi connectivity index (χ0n) is 12.8. The second kappa shape index (κ2) is 6.72. The maximum atomic E-state index is 12.1. The van der Waals surface area contributed by atoms with Crippen molar-refractivity contribution in [2.45, 2.75) is 6.92 Å². The Kier molecular flexibility index (Phi) is 4.49. The number of carbonyl (C=O) groups is 2. The topological polar surface area (TPSA) is 52.6 Å². The van der Waals surface area contributed by atoms with Crippen LogP contribution in [0.15, 0.2) is 60.2 Å². The molecule has 0 bridgehead atoms. The number of hydrogen-bond acceptors (Lipinski definition) is 4.